The molecule has 1 unspecified atom stereocenters. The van der Waals surface area contributed by atoms with Crippen LogP contribution in [0.15, 0.2) is 206 Å². The fraction of sp³-hybridized carbons (Fsp3) is 0.418. The van der Waals surface area contributed by atoms with Gasteiger partial charge in [-0.15, -0.1) is 0 Å². The number of rotatable bonds is 10. The topological polar surface area (TPSA) is 12.9 Å². The zero-order chi connectivity index (χ0) is 73.0. The molecule has 0 radical (unpaired) electrons. The van der Waals surface area contributed by atoms with Gasteiger partial charge in [0.05, 0.1) is 0 Å². The van der Waals surface area contributed by atoms with Crippen molar-refractivity contribution >= 4 is 11.6 Å². The van der Waals surface area contributed by atoms with Gasteiger partial charge in [0.25, 0.3) is 0 Å². The number of aromatic nitrogens is 1. The average Bonchev–Trinajstić information content (AvgIpc) is 0.833. The normalized spacial score (nSPS) is 10.8. The van der Waals surface area contributed by atoms with Crippen molar-refractivity contribution in [2.75, 3.05) is 0 Å². The van der Waals surface area contributed by atoms with Crippen LogP contribution < -0.4 is 0 Å². The molecule has 1 heterocycles. The van der Waals surface area contributed by atoms with Crippen LogP contribution in [-0.4, -0.2) is 4.98 Å². The van der Waals surface area contributed by atoms with Crippen molar-refractivity contribution < 1.29 is 22.0 Å². The molecule has 1 atom stereocenters. The van der Waals surface area contributed by atoms with Gasteiger partial charge in [-0.25, -0.2) is 8.78 Å². The Kier molecular flexibility index (Phi) is 46.0. The van der Waals surface area contributed by atoms with Crippen molar-refractivity contribution in [3.8, 4) is 0 Å². The number of hydrogen-bond acceptors (Lipinski definition) is 1. The molecule has 8 aromatic carbocycles. The van der Waals surface area contributed by atoms with Crippen molar-refractivity contribution in [2.45, 2.75) is 254 Å². The molecule has 0 saturated heterocycles. The first-order valence-electron chi connectivity index (χ1n) is 34.5. The van der Waals surface area contributed by atoms with Crippen molar-refractivity contribution in [3.63, 3.8) is 0 Å². The van der Waals surface area contributed by atoms with E-state index in [1.165, 1.54) is 85.0 Å². The molecule has 7 heteroatoms. The predicted octanol–water partition coefficient (Wildman–Crippen LogP) is 30.6. The van der Waals surface area contributed by atoms with Crippen LogP contribution in [0.4, 0.5) is 22.0 Å². The lowest BCUT2D eigenvalue weighted by molar-refractivity contribution is -0.142. The van der Waals surface area contributed by atoms with Crippen LogP contribution in [0.25, 0.3) is 0 Å². The third kappa shape index (κ3) is 34.6. The first kappa shape index (κ1) is 92.9. The van der Waals surface area contributed by atoms with Gasteiger partial charge >= 0.3 is 6.18 Å². The molecule has 0 fully saturated rings. The summed E-state index contributed by atoms with van der Waals surface area (Å²) in [6, 6.07) is 66.7. The SMILES string of the molecule is C.C.CC(C)c1c(F)cccc1Cl.CC(C)c1ccccc1C(C)F.CC(C)c1cccnc1C(F)(F)F.Cc1ccccc1C(C)C.Cc1ccccc1C(C)C.Cc1ccccc1C(C)C.Cc1ccccc1C(C)C.Cc1ccccc1C(C)C.Cc1ccccc1C(C)C. The lowest BCUT2D eigenvalue weighted by Crippen LogP contribution is -2.12. The molecule has 0 amide bonds. The van der Waals surface area contributed by atoms with Crippen molar-refractivity contribution in [1.29, 1.82) is 0 Å². The largest absolute Gasteiger partial charge is 0.433 e. The Balaban J connectivity index is 0. The van der Waals surface area contributed by atoms with Gasteiger partial charge in [0.2, 0.25) is 0 Å². The second-order valence-electron chi connectivity index (χ2n) is 27.4. The van der Waals surface area contributed by atoms with Gasteiger partial charge in [0.15, 0.2) is 0 Å². The maximum absolute atomic E-state index is 13.1. The number of nitrogens with zero attached hydrogens (tertiary/aromatic N) is 1. The van der Waals surface area contributed by atoms with Gasteiger partial charge in [-0.05, 0) is 203 Å². The number of hydrogen-bond donors (Lipinski definition) is 0. The molecule has 1 aromatic heterocycles. The Morgan fingerprint density at radius 1 is 0.286 bits per heavy atom. The first-order chi connectivity index (χ1) is 45.0. The van der Waals surface area contributed by atoms with Crippen LogP contribution in [0.5, 0.6) is 0 Å². The molecular weight excluding hydrogens is 1240 g/mol. The Morgan fingerprint density at radius 3 is 0.673 bits per heavy atom. The molecular formula is C91H127ClF5N. The zero-order valence-corrected chi connectivity index (χ0v) is 63.9. The quantitative estimate of drug-likeness (QED) is 0.124. The van der Waals surface area contributed by atoms with E-state index in [0.717, 1.165) is 17.3 Å². The summed E-state index contributed by atoms with van der Waals surface area (Å²) >= 11 is 5.78. The minimum Gasteiger partial charge on any atom is -0.252 e. The second kappa shape index (κ2) is 48.6. The minimum absolute atomic E-state index is 0. The molecule has 0 aliphatic heterocycles. The third-order valence-corrected chi connectivity index (χ3v) is 16.5. The fourth-order valence-corrected chi connectivity index (χ4v) is 11.4. The highest BCUT2D eigenvalue weighted by atomic mass is 35.5. The summed E-state index contributed by atoms with van der Waals surface area (Å²) in [6.07, 6.45) is -4.04. The van der Waals surface area contributed by atoms with Gasteiger partial charge in [-0.3, -0.25) is 4.98 Å². The Hall–Kier alpha value is -7.15. The van der Waals surface area contributed by atoms with Crippen LogP contribution in [-0.2, 0) is 6.18 Å². The van der Waals surface area contributed by atoms with E-state index in [1.54, 1.807) is 32.9 Å². The van der Waals surface area contributed by atoms with E-state index in [2.05, 4.69) is 289 Å². The van der Waals surface area contributed by atoms with E-state index in [9.17, 15) is 22.0 Å². The average molecular weight is 1370 g/mol. The first-order valence-corrected chi connectivity index (χ1v) is 34.9. The Bertz CT molecular complexity index is 3130. The molecule has 0 saturated carbocycles. The van der Waals surface area contributed by atoms with E-state index in [4.69, 9.17) is 11.6 Å². The maximum Gasteiger partial charge on any atom is 0.433 e. The van der Waals surface area contributed by atoms with E-state index in [-0.39, 0.29) is 38.1 Å². The van der Waals surface area contributed by atoms with Crippen LogP contribution in [0.1, 0.15) is 301 Å². The van der Waals surface area contributed by atoms with Crippen molar-refractivity contribution in [3.05, 3.63) is 312 Å². The highest BCUT2D eigenvalue weighted by molar-refractivity contribution is 6.31. The van der Waals surface area contributed by atoms with E-state index in [1.807, 2.05) is 38.1 Å². The van der Waals surface area contributed by atoms with Gasteiger partial charge < -0.3 is 0 Å². The van der Waals surface area contributed by atoms with E-state index in [0.29, 0.717) is 52.0 Å². The smallest absolute Gasteiger partial charge is 0.252 e. The van der Waals surface area contributed by atoms with Crippen LogP contribution in [0, 0.1) is 47.4 Å². The van der Waals surface area contributed by atoms with Gasteiger partial charge in [-0.2, -0.15) is 13.2 Å². The minimum atomic E-state index is -4.35. The number of pyridine rings is 1. The summed E-state index contributed by atoms with van der Waals surface area (Å²) in [5.41, 5.74) is 19.2. The van der Waals surface area contributed by atoms with Crippen molar-refractivity contribution in [1.82, 2.24) is 4.98 Å². The van der Waals surface area contributed by atoms with Gasteiger partial charge in [0.1, 0.15) is 17.7 Å². The molecule has 0 N–H and O–H groups in total. The monoisotopic (exact) mass is 1360 g/mol. The lowest BCUT2D eigenvalue weighted by atomic mass is 9.95. The predicted molar refractivity (Wildman–Crippen MR) is 424 cm³/mol. The summed E-state index contributed by atoms with van der Waals surface area (Å²) in [4.78, 5) is 3.35. The summed E-state index contributed by atoms with van der Waals surface area (Å²) in [5.74, 6) is 4.09. The van der Waals surface area contributed by atoms with E-state index < -0.39 is 18.0 Å². The third-order valence-electron chi connectivity index (χ3n) is 16.2. The second-order valence-corrected chi connectivity index (χ2v) is 27.8. The van der Waals surface area contributed by atoms with Gasteiger partial charge in [0, 0.05) is 16.8 Å². The van der Waals surface area contributed by atoms with Crippen LogP contribution in [0.3, 0.4) is 0 Å². The molecule has 538 valence electrons. The molecule has 0 aliphatic carbocycles. The highest BCUT2D eigenvalue weighted by Crippen LogP contribution is 2.34. The molecule has 9 rings (SSSR count). The summed E-state index contributed by atoms with van der Waals surface area (Å²) in [6.45, 7) is 52.7. The molecule has 0 aliphatic rings. The maximum atomic E-state index is 13.1. The molecule has 98 heavy (non-hydrogen) atoms. The number of benzene rings is 8. The Labute approximate surface area is 600 Å². The molecule has 0 bridgehead atoms. The van der Waals surface area contributed by atoms with E-state index >= 15 is 0 Å². The number of alkyl halides is 4. The molecule has 9 aromatic rings. The Morgan fingerprint density at radius 2 is 0.510 bits per heavy atom. The lowest BCUT2D eigenvalue weighted by Gasteiger charge is -2.13. The number of halogens is 6. The summed E-state index contributed by atoms with van der Waals surface area (Å²) < 4.78 is 63.1. The summed E-state index contributed by atoms with van der Waals surface area (Å²) in [7, 11) is 0. The molecule has 1 nitrogen and oxygen atoms in total. The standard InChI is InChI=1S/C11H15F.6C10H14.C9H10ClF.C9H10F3N.2CH4/c1-8(2)10-6-4-5-7-11(10)9(3)12;6*1-8(2)10-7-5-4-6-9(10)3;1-6(2)9-7(10)4-3-5-8(9)11;1-6(2)7-4-3-5-13-8(7)9(10,11)12;;/h4-9H,1-3H3;6*4-8H,1-3H3;3-6H,1-2H3;3-6H,1-2H3;2*1H4. The number of aryl methyl sites for hydroxylation is 6. The molecule has 0 spiro atoms. The fourth-order valence-electron chi connectivity index (χ4n) is 11.0. The highest BCUT2D eigenvalue weighted by Gasteiger charge is 2.35. The van der Waals surface area contributed by atoms with Gasteiger partial charge in [-0.1, -0.05) is 333 Å². The summed E-state index contributed by atoms with van der Waals surface area (Å²) in [5, 5.41) is 0.514. The van der Waals surface area contributed by atoms with Crippen LogP contribution >= 0.6 is 11.6 Å². The van der Waals surface area contributed by atoms with Crippen LogP contribution in [0.2, 0.25) is 5.02 Å². The zero-order valence-electron chi connectivity index (χ0n) is 63.1. The van der Waals surface area contributed by atoms with Crippen molar-refractivity contribution in [2.24, 2.45) is 0 Å².